The predicted molar refractivity (Wildman–Crippen MR) is 125 cm³/mol. The number of hydrogen-bond donors (Lipinski definition) is 0. The Bertz CT molecular complexity index is 1240. The maximum Gasteiger partial charge on any atom is 0.243 e. The molecule has 1 fully saturated rings. The van der Waals surface area contributed by atoms with Gasteiger partial charge in [-0.25, -0.2) is 16.8 Å². The monoisotopic (exact) mass is 491 g/mol. The highest BCUT2D eigenvalue weighted by atomic mass is 32.2. The normalized spacial score (nSPS) is 20.4. The predicted octanol–water partition coefficient (Wildman–Crippen LogP) is 1.60. The number of carbonyl (C=O) groups excluding carboxylic acids is 1. The average Bonchev–Trinajstić information content (AvgIpc) is 2.83. The molecule has 178 valence electrons. The Labute approximate surface area is 195 Å². The Morgan fingerprint density at radius 2 is 1.52 bits per heavy atom. The van der Waals surface area contributed by atoms with Gasteiger partial charge in [0.2, 0.25) is 26.0 Å². The van der Waals surface area contributed by atoms with E-state index < -0.39 is 26.1 Å². The molecule has 1 saturated heterocycles. The molecule has 2 heterocycles. The molecule has 4 rings (SSSR count). The minimum absolute atomic E-state index is 0.0818. The molecule has 2 aliphatic rings. The molecule has 0 spiro atoms. The molecule has 1 amide bonds. The summed E-state index contributed by atoms with van der Waals surface area (Å²) in [5.41, 5.74) is 2.86. The molecule has 0 saturated carbocycles. The molecule has 1 atom stereocenters. The summed E-state index contributed by atoms with van der Waals surface area (Å²) in [4.78, 5) is 15.3. The van der Waals surface area contributed by atoms with Gasteiger partial charge in [0.05, 0.1) is 10.6 Å². The van der Waals surface area contributed by atoms with Crippen molar-refractivity contribution >= 4 is 26.0 Å². The molecule has 2 aliphatic heterocycles. The Kier molecular flexibility index (Phi) is 6.63. The lowest BCUT2D eigenvalue weighted by atomic mass is 9.95. The number of sulfonamides is 2. The fourth-order valence-corrected chi connectivity index (χ4v) is 7.03. The summed E-state index contributed by atoms with van der Waals surface area (Å²) in [6.45, 7) is 4.44. The van der Waals surface area contributed by atoms with Gasteiger partial charge < -0.3 is 4.90 Å². The van der Waals surface area contributed by atoms with Crippen molar-refractivity contribution in [2.45, 2.75) is 37.8 Å². The molecule has 0 radical (unpaired) electrons. The van der Waals surface area contributed by atoms with Crippen molar-refractivity contribution in [3.8, 4) is 0 Å². The first kappa shape index (κ1) is 23.9. The summed E-state index contributed by atoms with van der Waals surface area (Å²) < 4.78 is 54.2. The van der Waals surface area contributed by atoms with Crippen molar-refractivity contribution in [3.05, 3.63) is 65.2 Å². The topological polar surface area (TPSA) is 95.1 Å². The second kappa shape index (κ2) is 9.17. The zero-order valence-electron chi connectivity index (χ0n) is 18.8. The van der Waals surface area contributed by atoms with Gasteiger partial charge in [-0.05, 0) is 43.5 Å². The fraction of sp³-hybridized carbons (Fsp3) is 0.435. The first-order valence-electron chi connectivity index (χ1n) is 11.1. The van der Waals surface area contributed by atoms with Gasteiger partial charge in [0, 0.05) is 32.7 Å². The highest BCUT2D eigenvalue weighted by Crippen LogP contribution is 2.28. The van der Waals surface area contributed by atoms with Crippen LogP contribution < -0.4 is 0 Å². The van der Waals surface area contributed by atoms with Crippen molar-refractivity contribution in [1.82, 2.24) is 13.5 Å². The first-order valence-corrected chi connectivity index (χ1v) is 14.1. The first-order chi connectivity index (χ1) is 15.6. The van der Waals surface area contributed by atoms with E-state index in [1.165, 1.54) is 8.61 Å². The van der Waals surface area contributed by atoms with Crippen LogP contribution in [0.25, 0.3) is 0 Å². The van der Waals surface area contributed by atoms with E-state index in [1.54, 1.807) is 36.1 Å². The van der Waals surface area contributed by atoms with E-state index in [9.17, 15) is 21.6 Å². The third kappa shape index (κ3) is 4.70. The van der Waals surface area contributed by atoms with Gasteiger partial charge in [-0.1, -0.05) is 42.0 Å². The lowest BCUT2D eigenvalue weighted by molar-refractivity contribution is -0.137. The Hall–Kier alpha value is -2.27. The van der Waals surface area contributed by atoms with Crippen LogP contribution in [0.3, 0.4) is 0 Å². The number of nitrogens with zero attached hydrogens (tertiary/aromatic N) is 3. The molecule has 33 heavy (non-hydrogen) atoms. The lowest BCUT2D eigenvalue weighted by Crippen LogP contribution is -2.58. The number of hydrogen-bond acceptors (Lipinski definition) is 5. The van der Waals surface area contributed by atoms with E-state index in [-0.39, 0.29) is 49.3 Å². The standard InChI is InChI=1S/C23H29N3O5S2/c1-3-32(28,29)26-17-20-7-5-4-6-19(20)16-22(26)23(27)24-12-14-25(15-13-24)33(30,31)21-10-8-18(2)9-11-21/h4-11,22H,3,12-17H2,1-2H3/t22-/m0/s1. The second-order valence-corrected chi connectivity index (χ2v) is 12.6. The Morgan fingerprint density at radius 3 is 2.12 bits per heavy atom. The van der Waals surface area contributed by atoms with Crippen molar-refractivity contribution in [3.63, 3.8) is 0 Å². The van der Waals surface area contributed by atoms with Gasteiger partial charge in [0.1, 0.15) is 6.04 Å². The van der Waals surface area contributed by atoms with Gasteiger partial charge in [0.15, 0.2) is 0 Å². The van der Waals surface area contributed by atoms with Crippen LogP contribution >= 0.6 is 0 Å². The summed E-state index contributed by atoms with van der Waals surface area (Å²) >= 11 is 0. The van der Waals surface area contributed by atoms with Gasteiger partial charge in [0.25, 0.3) is 0 Å². The largest absolute Gasteiger partial charge is 0.339 e. The van der Waals surface area contributed by atoms with Crippen LogP contribution in [0.4, 0.5) is 0 Å². The number of carbonyl (C=O) groups is 1. The minimum Gasteiger partial charge on any atom is -0.339 e. The maximum atomic E-state index is 13.5. The smallest absolute Gasteiger partial charge is 0.243 e. The highest BCUT2D eigenvalue weighted by molar-refractivity contribution is 7.89. The molecule has 0 unspecified atom stereocenters. The van der Waals surface area contributed by atoms with Crippen LogP contribution in [0.5, 0.6) is 0 Å². The van der Waals surface area contributed by atoms with E-state index in [1.807, 2.05) is 31.2 Å². The van der Waals surface area contributed by atoms with Crippen LogP contribution in [0.2, 0.25) is 0 Å². The van der Waals surface area contributed by atoms with Gasteiger partial charge in [-0.15, -0.1) is 0 Å². The summed E-state index contributed by atoms with van der Waals surface area (Å²) in [7, 11) is -7.23. The van der Waals surface area contributed by atoms with E-state index in [0.717, 1.165) is 16.7 Å². The van der Waals surface area contributed by atoms with Crippen molar-refractivity contribution in [1.29, 1.82) is 0 Å². The SMILES string of the molecule is CCS(=O)(=O)N1Cc2ccccc2C[C@H]1C(=O)N1CCN(S(=O)(=O)c2ccc(C)cc2)CC1. The molecule has 2 aromatic rings. The van der Waals surface area contributed by atoms with Crippen molar-refractivity contribution < 1.29 is 21.6 Å². The van der Waals surface area contributed by atoms with Gasteiger partial charge >= 0.3 is 0 Å². The average molecular weight is 492 g/mol. The molecule has 0 bridgehead atoms. The number of benzene rings is 2. The molecule has 0 aromatic heterocycles. The van der Waals surface area contributed by atoms with Gasteiger partial charge in [-0.2, -0.15) is 8.61 Å². The zero-order chi connectivity index (χ0) is 23.8. The maximum absolute atomic E-state index is 13.5. The lowest BCUT2D eigenvalue weighted by Gasteiger charge is -2.40. The van der Waals surface area contributed by atoms with Crippen molar-refractivity contribution in [2.75, 3.05) is 31.9 Å². The molecule has 8 nitrogen and oxygen atoms in total. The van der Waals surface area contributed by atoms with Crippen LogP contribution in [0.1, 0.15) is 23.6 Å². The number of rotatable bonds is 5. The third-order valence-electron chi connectivity index (χ3n) is 6.42. The number of aryl methyl sites for hydroxylation is 1. The van der Waals surface area contributed by atoms with E-state index in [0.29, 0.717) is 6.42 Å². The molecule has 0 N–H and O–H groups in total. The Morgan fingerprint density at radius 1 is 0.909 bits per heavy atom. The Balaban J connectivity index is 1.51. The molecular weight excluding hydrogens is 462 g/mol. The van der Waals surface area contributed by atoms with Crippen LogP contribution in [0.15, 0.2) is 53.4 Å². The van der Waals surface area contributed by atoms with E-state index in [2.05, 4.69) is 0 Å². The van der Waals surface area contributed by atoms with E-state index in [4.69, 9.17) is 0 Å². The minimum atomic E-state index is -3.64. The van der Waals surface area contributed by atoms with Crippen LogP contribution in [-0.2, 0) is 37.8 Å². The third-order valence-corrected chi connectivity index (χ3v) is 10.2. The van der Waals surface area contributed by atoms with Crippen LogP contribution in [-0.4, -0.2) is 74.2 Å². The van der Waals surface area contributed by atoms with Crippen LogP contribution in [0, 0.1) is 6.92 Å². The number of fused-ring (bicyclic) bond motifs is 1. The molecular formula is C23H29N3O5S2. The summed E-state index contributed by atoms with van der Waals surface area (Å²) in [6, 6.07) is 13.5. The summed E-state index contributed by atoms with van der Waals surface area (Å²) in [5.74, 6) is -0.351. The molecule has 10 heteroatoms. The number of piperazine rings is 1. The van der Waals surface area contributed by atoms with Gasteiger partial charge in [-0.3, -0.25) is 4.79 Å². The highest BCUT2D eigenvalue weighted by Gasteiger charge is 2.41. The molecule has 0 aliphatic carbocycles. The summed E-state index contributed by atoms with van der Waals surface area (Å²) in [6.07, 6.45) is 0.316. The summed E-state index contributed by atoms with van der Waals surface area (Å²) in [5, 5.41) is 0. The van der Waals surface area contributed by atoms with E-state index >= 15 is 0 Å². The quantitative estimate of drug-likeness (QED) is 0.633. The number of amides is 1. The molecule has 2 aromatic carbocycles. The van der Waals surface area contributed by atoms with Crippen molar-refractivity contribution in [2.24, 2.45) is 0 Å². The fourth-order valence-electron chi connectivity index (χ4n) is 4.39. The zero-order valence-corrected chi connectivity index (χ0v) is 20.5. The second-order valence-electron chi connectivity index (χ2n) is 8.48.